The van der Waals surface area contributed by atoms with Crippen LogP contribution >= 0.6 is 11.3 Å². The van der Waals surface area contributed by atoms with Crippen molar-refractivity contribution in [1.29, 1.82) is 0 Å². The monoisotopic (exact) mass is 267 g/mol. The van der Waals surface area contributed by atoms with Gasteiger partial charge in [0, 0.05) is 28.4 Å². The lowest BCUT2D eigenvalue weighted by Gasteiger charge is -2.34. The van der Waals surface area contributed by atoms with E-state index in [9.17, 15) is 0 Å². The first kappa shape index (κ1) is 14.0. The summed E-state index contributed by atoms with van der Waals surface area (Å²) in [7, 11) is 0. The molecule has 0 saturated carbocycles. The standard InChI is InChI=1S/C15H25NOS/c1-14(2,3)13-7-6-12(18-13)10-16-15(4)8-5-9-17-11-15/h6-7,16H,5,8-11H2,1-4H3. The molecule has 1 aromatic rings. The van der Waals surface area contributed by atoms with E-state index < -0.39 is 0 Å². The molecule has 18 heavy (non-hydrogen) atoms. The third-order valence-electron chi connectivity index (χ3n) is 3.53. The lowest BCUT2D eigenvalue weighted by Crippen LogP contribution is -2.48. The summed E-state index contributed by atoms with van der Waals surface area (Å²) in [6.07, 6.45) is 2.38. The molecule has 1 aromatic heterocycles. The molecule has 1 aliphatic rings. The Kier molecular flexibility index (Phi) is 4.15. The van der Waals surface area contributed by atoms with Crippen molar-refractivity contribution in [2.24, 2.45) is 0 Å². The van der Waals surface area contributed by atoms with Crippen molar-refractivity contribution in [3.8, 4) is 0 Å². The van der Waals surface area contributed by atoms with E-state index in [0.717, 1.165) is 19.8 Å². The van der Waals surface area contributed by atoms with E-state index in [1.54, 1.807) is 0 Å². The lowest BCUT2D eigenvalue weighted by atomic mass is 9.94. The minimum atomic E-state index is 0.157. The van der Waals surface area contributed by atoms with Crippen LogP contribution in [0.3, 0.4) is 0 Å². The summed E-state index contributed by atoms with van der Waals surface area (Å²) >= 11 is 1.92. The highest BCUT2D eigenvalue weighted by atomic mass is 32.1. The van der Waals surface area contributed by atoms with E-state index in [0.29, 0.717) is 0 Å². The number of hydrogen-bond acceptors (Lipinski definition) is 3. The predicted octanol–water partition coefficient (Wildman–Crippen LogP) is 3.70. The van der Waals surface area contributed by atoms with E-state index >= 15 is 0 Å². The van der Waals surface area contributed by atoms with Crippen molar-refractivity contribution in [3.63, 3.8) is 0 Å². The van der Waals surface area contributed by atoms with Gasteiger partial charge >= 0.3 is 0 Å². The van der Waals surface area contributed by atoms with Gasteiger partial charge in [0.1, 0.15) is 0 Å². The summed E-state index contributed by atoms with van der Waals surface area (Å²) in [4.78, 5) is 2.89. The second-order valence-electron chi connectivity index (χ2n) is 6.59. The summed E-state index contributed by atoms with van der Waals surface area (Å²) in [5.41, 5.74) is 0.422. The Morgan fingerprint density at radius 2 is 2.17 bits per heavy atom. The first-order valence-electron chi connectivity index (χ1n) is 6.81. The average Bonchev–Trinajstić information content (AvgIpc) is 2.76. The first-order chi connectivity index (χ1) is 8.39. The minimum absolute atomic E-state index is 0.157. The zero-order valence-corrected chi connectivity index (χ0v) is 12.8. The van der Waals surface area contributed by atoms with E-state index in [1.807, 2.05) is 11.3 Å². The molecule has 1 aliphatic heterocycles. The molecule has 2 heterocycles. The number of rotatable bonds is 3. The summed E-state index contributed by atoms with van der Waals surface area (Å²) in [6, 6.07) is 4.52. The predicted molar refractivity (Wildman–Crippen MR) is 78.3 cm³/mol. The van der Waals surface area contributed by atoms with E-state index in [4.69, 9.17) is 4.74 Å². The van der Waals surface area contributed by atoms with Gasteiger partial charge in [0.15, 0.2) is 0 Å². The van der Waals surface area contributed by atoms with Crippen LogP contribution < -0.4 is 5.32 Å². The molecule has 0 aromatic carbocycles. The maximum absolute atomic E-state index is 5.57. The second-order valence-corrected chi connectivity index (χ2v) is 7.75. The molecule has 0 bridgehead atoms. The second kappa shape index (κ2) is 5.32. The lowest BCUT2D eigenvalue weighted by molar-refractivity contribution is 0.0279. The van der Waals surface area contributed by atoms with Crippen LogP contribution in [0.1, 0.15) is 50.3 Å². The Morgan fingerprint density at radius 3 is 2.72 bits per heavy atom. The van der Waals surface area contributed by atoms with E-state index in [1.165, 1.54) is 22.6 Å². The van der Waals surface area contributed by atoms with Crippen molar-refractivity contribution in [2.45, 2.75) is 58.0 Å². The van der Waals surface area contributed by atoms with Crippen molar-refractivity contribution < 1.29 is 4.74 Å². The van der Waals surface area contributed by atoms with Crippen LogP contribution in [0.25, 0.3) is 0 Å². The number of ether oxygens (including phenoxy) is 1. The quantitative estimate of drug-likeness (QED) is 0.901. The summed E-state index contributed by atoms with van der Waals surface area (Å²) < 4.78 is 5.57. The van der Waals surface area contributed by atoms with E-state index in [-0.39, 0.29) is 11.0 Å². The minimum Gasteiger partial charge on any atom is -0.380 e. The number of hydrogen-bond donors (Lipinski definition) is 1. The largest absolute Gasteiger partial charge is 0.380 e. The van der Waals surface area contributed by atoms with Crippen LogP contribution in [-0.4, -0.2) is 18.8 Å². The Morgan fingerprint density at radius 1 is 1.39 bits per heavy atom. The van der Waals surface area contributed by atoms with Gasteiger partial charge in [-0.2, -0.15) is 0 Å². The van der Waals surface area contributed by atoms with Crippen LogP contribution in [-0.2, 0) is 16.7 Å². The molecule has 0 aliphatic carbocycles. The molecule has 2 nitrogen and oxygen atoms in total. The Balaban J connectivity index is 1.92. The van der Waals surface area contributed by atoms with Gasteiger partial charge in [0.2, 0.25) is 0 Å². The van der Waals surface area contributed by atoms with Gasteiger partial charge in [0.05, 0.1) is 6.61 Å². The Bertz CT molecular complexity index is 385. The highest BCUT2D eigenvalue weighted by molar-refractivity contribution is 7.12. The molecule has 1 atom stereocenters. The highest BCUT2D eigenvalue weighted by Crippen LogP contribution is 2.30. The molecule has 1 N–H and O–H groups in total. The maximum Gasteiger partial charge on any atom is 0.0645 e. The molecule has 0 spiro atoms. The fourth-order valence-corrected chi connectivity index (χ4v) is 3.26. The smallest absolute Gasteiger partial charge is 0.0645 e. The van der Waals surface area contributed by atoms with Crippen molar-refractivity contribution in [3.05, 3.63) is 21.9 Å². The molecule has 2 rings (SSSR count). The van der Waals surface area contributed by atoms with Gasteiger partial charge in [0.25, 0.3) is 0 Å². The average molecular weight is 267 g/mol. The van der Waals surface area contributed by atoms with Gasteiger partial charge < -0.3 is 10.1 Å². The van der Waals surface area contributed by atoms with Crippen LogP contribution in [0.2, 0.25) is 0 Å². The molecule has 1 unspecified atom stereocenters. The van der Waals surface area contributed by atoms with Crippen LogP contribution in [0.15, 0.2) is 12.1 Å². The molecule has 1 saturated heterocycles. The van der Waals surface area contributed by atoms with E-state index in [2.05, 4.69) is 45.1 Å². The normalized spacial score (nSPS) is 25.3. The van der Waals surface area contributed by atoms with Gasteiger partial charge in [-0.1, -0.05) is 20.8 Å². The summed E-state index contributed by atoms with van der Waals surface area (Å²) in [6.45, 7) is 11.8. The molecular formula is C15H25NOS. The molecule has 1 fully saturated rings. The third-order valence-corrected chi connectivity index (χ3v) is 5.04. The Labute approximate surface area is 115 Å². The summed E-state index contributed by atoms with van der Waals surface area (Å²) in [5.74, 6) is 0. The van der Waals surface area contributed by atoms with Gasteiger partial charge in [-0.15, -0.1) is 11.3 Å². The highest BCUT2D eigenvalue weighted by Gasteiger charge is 2.27. The van der Waals surface area contributed by atoms with Crippen LogP contribution in [0, 0.1) is 0 Å². The zero-order chi connectivity index (χ0) is 13.2. The SMILES string of the molecule is CC1(NCc2ccc(C(C)(C)C)s2)CCCOC1. The fraction of sp³-hybridized carbons (Fsp3) is 0.733. The topological polar surface area (TPSA) is 21.3 Å². The van der Waals surface area contributed by atoms with Gasteiger partial charge in [-0.05, 0) is 37.3 Å². The third kappa shape index (κ3) is 3.56. The van der Waals surface area contributed by atoms with Gasteiger partial charge in [-0.3, -0.25) is 0 Å². The van der Waals surface area contributed by atoms with Crippen molar-refractivity contribution in [2.75, 3.05) is 13.2 Å². The van der Waals surface area contributed by atoms with Crippen LogP contribution in [0.5, 0.6) is 0 Å². The van der Waals surface area contributed by atoms with Crippen molar-refractivity contribution in [1.82, 2.24) is 5.32 Å². The van der Waals surface area contributed by atoms with Crippen molar-refractivity contribution >= 4 is 11.3 Å². The maximum atomic E-state index is 5.57. The molecule has 102 valence electrons. The zero-order valence-electron chi connectivity index (χ0n) is 12.0. The number of nitrogens with one attached hydrogen (secondary N) is 1. The molecule has 3 heteroatoms. The molecule has 0 amide bonds. The molecular weight excluding hydrogens is 242 g/mol. The first-order valence-corrected chi connectivity index (χ1v) is 7.63. The molecule has 0 radical (unpaired) electrons. The Hall–Kier alpha value is -0.380. The van der Waals surface area contributed by atoms with Crippen LogP contribution in [0.4, 0.5) is 0 Å². The summed E-state index contributed by atoms with van der Waals surface area (Å²) in [5, 5.41) is 3.66. The fourth-order valence-electron chi connectivity index (χ4n) is 2.25. The number of thiophene rings is 1. The van der Waals surface area contributed by atoms with Gasteiger partial charge in [-0.25, -0.2) is 0 Å².